The Balaban J connectivity index is 2.33. The van der Waals surface area contributed by atoms with E-state index in [4.69, 9.17) is 9.47 Å². The predicted molar refractivity (Wildman–Crippen MR) is 94.1 cm³/mol. The van der Waals surface area contributed by atoms with Crippen LogP contribution in [0, 0.1) is 6.92 Å². The first-order chi connectivity index (χ1) is 12.0. The van der Waals surface area contributed by atoms with Gasteiger partial charge in [0, 0.05) is 28.0 Å². The number of rotatable bonds is 3. The van der Waals surface area contributed by atoms with Crippen molar-refractivity contribution in [2.45, 2.75) is 19.8 Å². The lowest BCUT2D eigenvalue weighted by atomic mass is 9.90. The first-order valence-corrected chi connectivity index (χ1v) is 7.88. The fourth-order valence-electron chi connectivity index (χ4n) is 2.98. The van der Waals surface area contributed by atoms with Crippen LogP contribution >= 0.6 is 0 Å². The highest BCUT2D eigenvalue weighted by Crippen LogP contribution is 2.43. The summed E-state index contributed by atoms with van der Waals surface area (Å²) >= 11 is 0. The molecule has 0 heterocycles. The van der Waals surface area contributed by atoms with E-state index in [1.54, 1.807) is 0 Å². The molecule has 0 saturated heterocycles. The van der Waals surface area contributed by atoms with Gasteiger partial charge >= 0.3 is 12.1 Å². The molecule has 0 unspecified atom stereocenters. The summed E-state index contributed by atoms with van der Waals surface area (Å²) in [4.78, 5) is 23.6. The number of benzene rings is 2. The van der Waals surface area contributed by atoms with Crippen molar-refractivity contribution in [2.24, 2.45) is 0 Å². The Kier molecular flexibility index (Phi) is 4.57. The summed E-state index contributed by atoms with van der Waals surface area (Å²) < 4.78 is 15.7. The highest BCUT2D eigenvalue weighted by Gasteiger charge is 2.25. The van der Waals surface area contributed by atoms with E-state index < -0.39 is 12.1 Å². The fourth-order valence-corrected chi connectivity index (χ4v) is 2.98. The van der Waals surface area contributed by atoms with E-state index in [1.807, 2.05) is 37.3 Å². The van der Waals surface area contributed by atoms with Gasteiger partial charge in [-0.2, -0.15) is 0 Å². The summed E-state index contributed by atoms with van der Waals surface area (Å²) in [6.07, 6.45) is 5.49. The zero-order chi connectivity index (χ0) is 18.0. The van der Waals surface area contributed by atoms with Crippen molar-refractivity contribution in [1.29, 1.82) is 0 Å². The molecule has 25 heavy (non-hydrogen) atoms. The lowest BCUT2D eigenvalue weighted by Crippen LogP contribution is -2.14. The summed E-state index contributed by atoms with van der Waals surface area (Å²) in [7, 11) is 1.27. The second-order valence-corrected chi connectivity index (χ2v) is 5.73. The Morgan fingerprint density at radius 3 is 2.28 bits per heavy atom. The van der Waals surface area contributed by atoms with E-state index in [-0.39, 0.29) is 0 Å². The summed E-state index contributed by atoms with van der Waals surface area (Å²) in [5.41, 5.74) is 2.64. The van der Waals surface area contributed by atoms with Gasteiger partial charge in [-0.3, -0.25) is 0 Å². The zero-order valence-corrected chi connectivity index (χ0v) is 14.1. The Morgan fingerprint density at radius 2 is 1.68 bits per heavy atom. The number of carbonyl (C=O) groups is 2. The van der Waals surface area contributed by atoms with Crippen molar-refractivity contribution < 1.29 is 23.8 Å². The van der Waals surface area contributed by atoms with Crippen molar-refractivity contribution in [3.05, 3.63) is 59.7 Å². The molecule has 0 aliphatic heterocycles. The third-order valence-corrected chi connectivity index (χ3v) is 4.11. The van der Waals surface area contributed by atoms with Crippen molar-refractivity contribution in [2.75, 3.05) is 7.11 Å². The monoisotopic (exact) mass is 338 g/mol. The third kappa shape index (κ3) is 3.13. The molecule has 0 fully saturated rings. The first-order valence-electron chi connectivity index (χ1n) is 7.88. The summed E-state index contributed by atoms with van der Waals surface area (Å²) in [6.45, 7) is 5.40. The minimum atomic E-state index is -0.782. The van der Waals surface area contributed by atoms with E-state index in [2.05, 4.69) is 11.3 Å². The van der Waals surface area contributed by atoms with Gasteiger partial charge in [0.2, 0.25) is 0 Å². The largest absolute Gasteiger partial charge is 0.513 e. The molecule has 5 heteroatoms. The maximum absolute atomic E-state index is 11.8. The average Bonchev–Trinajstić information content (AvgIpc) is 2.63. The number of ether oxygens (including phenoxy) is 3. The van der Waals surface area contributed by atoms with Gasteiger partial charge in [-0.25, -0.2) is 9.59 Å². The molecule has 0 radical (unpaired) electrons. The number of fused-ring (bicyclic) bond motifs is 2. The van der Waals surface area contributed by atoms with E-state index in [1.165, 1.54) is 7.11 Å². The zero-order valence-electron chi connectivity index (χ0n) is 14.1. The van der Waals surface area contributed by atoms with Crippen LogP contribution in [0.15, 0.2) is 43.0 Å². The minimum Gasteiger partial charge on any atom is -0.437 e. The van der Waals surface area contributed by atoms with Gasteiger partial charge in [0.15, 0.2) is 0 Å². The molecule has 2 aromatic rings. The van der Waals surface area contributed by atoms with E-state index in [0.29, 0.717) is 35.1 Å². The molecule has 1 aliphatic carbocycles. The smallest absolute Gasteiger partial charge is 0.437 e. The standard InChI is InChI=1S/C20H18O5/c1-4-17(21)24-18-13-7-5-6-8-14(13)19(25-20(22)23-3)16-11-12(2)9-10-15(16)18/h4-6,9-11H,1,7-8H2,2-3H3. The number of carbonyl (C=O) groups excluding carboxylic acids is 2. The number of hydrogen-bond acceptors (Lipinski definition) is 5. The molecule has 0 N–H and O–H groups in total. The summed E-state index contributed by atoms with van der Waals surface area (Å²) in [6, 6.07) is 5.68. The van der Waals surface area contributed by atoms with Crippen molar-refractivity contribution in [3.8, 4) is 11.5 Å². The van der Waals surface area contributed by atoms with E-state index in [9.17, 15) is 9.59 Å². The van der Waals surface area contributed by atoms with Crippen LogP contribution in [0.1, 0.15) is 16.7 Å². The molecule has 0 saturated carbocycles. The highest BCUT2D eigenvalue weighted by molar-refractivity contribution is 5.99. The number of aryl methyl sites for hydroxylation is 1. The first kappa shape index (κ1) is 16.8. The molecule has 0 bridgehead atoms. The normalized spacial score (nSPS) is 12.4. The van der Waals surface area contributed by atoms with Gasteiger partial charge < -0.3 is 14.2 Å². The van der Waals surface area contributed by atoms with Gasteiger partial charge in [-0.1, -0.05) is 36.4 Å². The lowest BCUT2D eigenvalue weighted by molar-refractivity contribution is -0.128. The van der Waals surface area contributed by atoms with Crippen LogP contribution in [-0.4, -0.2) is 19.2 Å². The predicted octanol–water partition coefficient (Wildman–Crippen LogP) is 4.04. The van der Waals surface area contributed by atoms with Crippen LogP contribution in [0.3, 0.4) is 0 Å². The molecule has 0 atom stereocenters. The molecule has 5 nitrogen and oxygen atoms in total. The Morgan fingerprint density at radius 1 is 1.04 bits per heavy atom. The van der Waals surface area contributed by atoms with Crippen LogP contribution in [0.5, 0.6) is 11.5 Å². The van der Waals surface area contributed by atoms with Crippen LogP contribution in [0.2, 0.25) is 0 Å². The van der Waals surface area contributed by atoms with Crippen molar-refractivity contribution in [1.82, 2.24) is 0 Å². The van der Waals surface area contributed by atoms with Crippen molar-refractivity contribution in [3.63, 3.8) is 0 Å². The third-order valence-electron chi connectivity index (χ3n) is 4.11. The average molecular weight is 338 g/mol. The molecule has 0 amide bonds. The van der Waals surface area contributed by atoms with E-state index in [0.717, 1.165) is 22.8 Å². The number of hydrogen-bond donors (Lipinski definition) is 0. The van der Waals surface area contributed by atoms with Crippen LogP contribution in [0.25, 0.3) is 10.8 Å². The second kappa shape index (κ2) is 6.81. The summed E-state index contributed by atoms with van der Waals surface area (Å²) in [5, 5.41) is 1.40. The van der Waals surface area contributed by atoms with Gasteiger partial charge in [0.1, 0.15) is 11.5 Å². The Hall–Kier alpha value is -3.08. The molecular formula is C20H18O5. The Labute approximate surface area is 145 Å². The molecule has 128 valence electrons. The van der Waals surface area contributed by atoms with Gasteiger partial charge in [0.05, 0.1) is 7.11 Å². The van der Waals surface area contributed by atoms with E-state index >= 15 is 0 Å². The number of esters is 1. The maximum Gasteiger partial charge on any atom is 0.513 e. The number of allylic oxidation sites excluding steroid dienone is 2. The second-order valence-electron chi connectivity index (χ2n) is 5.73. The van der Waals surface area contributed by atoms with Crippen LogP contribution in [-0.2, 0) is 22.4 Å². The quantitative estimate of drug-likeness (QED) is 0.278. The minimum absolute atomic E-state index is 0.448. The van der Waals surface area contributed by atoms with Crippen LogP contribution < -0.4 is 9.47 Å². The Bertz CT molecular complexity index is 908. The summed E-state index contributed by atoms with van der Waals surface area (Å²) in [5.74, 6) is 0.403. The van der Waals surface area contributed by atoms with Gasteiger partial charge in [-0.05, 0) is 25.8 Å². The number of methoxy groups -OCH3 is 1. The maximum atomic E-state index is 11.8. The van der Waals surface area contributed by atoms with Crippen molar-refractivity contribution >= 4 is 22.9 Å². The molecule has 3 rings (SSSR count). The SMILES string of the molecule is C=CC(=O)Oc1c2c(c(OC(=O)OC)c3cc(C)ccc13)CC=CC2. The molecular weight excluding hydrogens is 320 g/mol. The fraction of sp³-hybridized carbons (Fsp3) is 0.200. The van der Waals surface area contributed by atoms with Gasteiger partial charge in [-0.15, -0.1) is 0 Å². The molecule has 0 aromatic heterocycles. The highest BCUT2D eigenvalue weighted by atomic mass is 16.7. The molecule has 0 spiro atoms. The molecule has 1 aliphatic rings. The van der Waals surface area contributed by atoms with Gasteiger partial charge in [0.25, 0.3) is 0 Å². The molecule has 2 aromatic carbocycles. The lowest BCUT2D eigenvalue weighted by Gasteiger charge is -2.22. The van der Waals surface area contributed by atoms with Crippen LogP contribution in [0.4, 0.5) is 4.79 Å². The topological polar surface area (TPSA) is 61.8 Å².